The normalized spacial score (nSPS) is 11.6. The van der Waals surface area contributed by atoms with Gasteiger partial charge in [0.05, 0.1) is 6.61 Å². The lowest BCUT2D eigenvalue weighted by atomic mass is 10.3. The van der Waals surface area contributed by atoms with Gasteiger partial charge in [-0.25, -0.2) is 0 Å². The molecule has 9 heavy (non-hydrogen) atoms. The quantitative estimate of drug-likeness (QED) is 0.430. The first-order valence-electron chi connectivity index (χ1n) is 2.67. The highest BCUT2D eigenvalue weighted by atomic mass is 16.5. The number of hydrogen-bond acceptors (Lipinski definition) is 2. The van der Waals surface area contributed by atoms with E-state index in [1.165, 1.54) is 0 Å². The third-order valence-electron chi connectivity index (χ3n) is 0.774. The van der Waals surface area contributed by atoms with Crippen molar-refractivity contribution < 1.29 is 4.74 Å². The zero-order chi connectivity index (χ0) is 7.28. The Hall–Kier alpha value is -0.830. The molecule has 0 aliphatic rings. The third-order valence-corrected chi connectivity index (χ3v) is 0.774. The molecule has 0 fully saturated rings. The molecule has 0 bridgehead atoms. The van der Waals surface area contributed by atoms with Gasteiger partial charge in [-0.3, -0.25) is 5.41 Å². The molecule has 0 saturated heterocycles. The molecule has 0 aromatic rings. The molecule has 0 spiro atoms. The Bertz CT molecular complexity index is 129. The SMILES string of the molecule is COC/C(C)=C/C(=N)N. The average molecular weight is 128 g/mol. The van der Waals surface area contributed by atoms with Crippen LogP contribution in [0.1, 0.15) is 6.92 Å². The molecule has 0 unspecified atom stereocenters. The molecule has 0 aromatic carbocycles. The van der Waals surface area contributed by atoms with E-state index >= 15 is 0 Å². The Kier molecular flexibility index (Phi) is 3.71. The van der Waals surface area contributed by atoms with Crippen molar-refractivity contribution in [2.45, 2.75) is 6.92 Å². The number of amidine groups is 1. The fourth-order valence-electron chi connectivity index (χ4n) is 0.535. The maximum atomic E-state index is 6.85. The van der Waals surface area contributed by atoms with Crippen LogP contribution in [0.25, 0.3) is 0 Å². The van der Waals surface area contributed by atoms with E-state index in [-0.39, 0.29) is 5.84 Å². The second-order valence-electron chi connectivity index (χ2n) is 1.88. The van der Waals surface area contributed by atoms with Crippen LogP contribution in [0.3, 0.4) is 0 Å². The minimum Gasteiger partial charge on any atom is -0.384 e. The summed E-state index contributed by atoms with van der Waals surface area (Å²) in [4.78, 5) is 0. The van der Waals surface area contributed by atoms with Gasteiger partial charge in [-0.15, -0.1) is 0 Å². The molecule has 3 heteroatoms. The largest absolute Gasteiger partial charge is 0.384 e. The number of methoxy groups -OCH3 is 1. The number of ether oxygens (including phenoxy) is 1. The average Bonchev–Trinajstić information content (AvgIpc) is 1.63. The second kappa shape index (κ2) is 4.09. The van der Waals surface area contributed by atoms with Gasteiger partial charge in [0, 0.05) is 7.11 Å². The summed E-state index contributed by atoms with van der Waals surface area (Å²) >= 11 is 0. The molecule has 0 aliphatic heterocycles. The van der Waals surface area contributed by atoms with Gasteiger partial charge in [0.1, 0.15) is 5.84 Å². The molecule has 3 nitrogen and oxygen atoms in total. The van der Waals surface area contributed by atoms with Gasteiger partial charge in [0.25, 0.3) is 0 Å². The molecule has 3 N–H and O–H groups in total. The zero-order valence-corrected chi connectivity index (χ0v) is 5.77. The van der Waals surface area contributed by atoms with Crippen molar-refractivity contribution >= 4 is 5.84 Å². The minimum atomic E-state index is 0.0737. The van der Waals surface area contributed by atoms with E-state index in [0.29, 0.717) is 6.61 Å². The van der Waals surface area contributed by atoms with Crippen molar-refractivity contribution in [3.05, 3.63) is 11.6 Å². The van der Waals surface area contributed by atoms with Crippen LogP contribution >= 0.6 is 0 Å². The molecular weight excluding hydrogens is 116 g/mol. The Labute approximate surface area is 55.0 Å². The van der Waals surface area contributed by atoms with Crippen LogP contribution < -0.4 is 5.73 Å². The first kappa shape index (κ1) is 8.17. The van der Waals surface area contributed by atoms with E-state index in [0.717, 1.165) is 5.57 Å². The summed E-state index contributed by atoms with van der Waals surface area (Å²) in [6.07, 6.45) is 1.57. The number of nitrogens with two attached hydrogens (primary N) is 1. The fourth-order valence-corrected chi connectivity index (χ4v) is 0.535. The molecular formula is C6H12N2O. The molecule has 0 aliphatic carbocycles. The Morgan fingerprint density at radius 3 is 2.67 bits per heavy atom. The van der Waals surface area contributed by atoms with E-state index in [1.807, 2.05) is 6.92 Å². The lowest BCUT2D eigenvalue weighted by Gasteiger charge is -1.95. The summed E-state index contributed by atoms with van der Waals surface area (Å²) in [6, 6.07) is 0. The highest BCUT2D eigenvalue weighted by Crippen LogP contribution is 1.89. The molecule has 0 saturated carbocycles. The molecule has 0 heterocycles. The molecule has 0 atom stereocenters. The van der Waals surface area contributed by atoms with Gasteiger partial charge >= 0.3 is 0 Å². The van der Waals surface area contributed by atoms with Crippen LogP contribution in [0.2, 0.25) is 0 Å². The van der Waals surface area contributed by atoms with E-state index in [4.69, 9.17) is 15.9 Å². The summed E-state index contributed by atoms with van der Waals surface area (Å²) < 4.78 is 4.78. The summed E-state index contributed by atoms with van der Waals surface area (Å²) in [5.74, 6) is 0.0737. The smallest absolute Gasteiger partial charge is 0.115 e. The Morgan fingerprint density at radius 2 is 2.33 bits per heavy atom. The lowest BCUT2D eigenvalue weighted by Crippen LogP contribution is -2.06. The van der Waals surface area contributed by atoms with E-state index in [1.54, 1.807) is 13.2 Å². The summed E-state index contributed by atoms with van der Waals surface area (Å²) in [5, 5.41) is 6.85. The topological polar surface area (TPSA) is 59.1 Å². The minimum absolute atomic E-state index is 0.0737. The van der Waals surface area contributed by atoms with Crippen molar-refractivity contribution in [1.82, 2.24) is 0 Å². The van der Waals surface area contributed by atoms with Gasteiger partial charge in [0.2, 0.25) is 0 Å². The zero-order valence-electron chi connectivity index (χ0n) is 5.77. The van der Waals surface area contributed by atoms with Gasteiger partial charge in [-0.1, -0.05) is 0 Å². The van der Waals surface area contributed by atoms with Crippen LogP contribution in [0, 0.1) is 5.41 Å². The summed E-state index contributed by atoms with van der Waals surface area (Å²) in [5.41, 5.74) is 6.04. The number of hydrogen-bond donors (Lipinski definition) is 2. The number of nitrogens with one attached hydrogen (secondary N) is 1. The Balaban J connectivity index is 3.69. The highest BCUT2D eigenvalue weighted by molar-refractivity contribution is 5.89. The molecule has 0 rings (SSSR count). The van der Waals surface area contributed by atoms with Crippen molar-refractivity contribution in [1.29, 1.82) is 5.41 Å². The first-order chi connectivity index (χ1) is 4.16. The van der Waals surface area contributed by atoms with Gasteiger partial charge in [0.15, 0.2) is 0 Å². The number of rotatable bonds is 3. The maximum Gasteiger partial charge on any atom is 0.115 e. The van der Waals surface area contributed by atoms with E-state index < -0.39 is 0 Å². The molecule has 0 radical (unpaired) electrons. The van der Waals surface area contributed by atoms with Crippen LogP contribution in [0.4, 0.5) is 0 Å². The van der Waals surface area contributed by atoms with Gasteiger partial charge in [-0.2, -0.15) is 0 Å². The third kappa shape index (κ3) is 5.03. The standard InChI is InChI=1S/C6H12N2O/c1-5(4-9-2)3-6(7)8/h3H,4H2,1-2H3,(H3,7,8)/b5-3+. The van der Waals surface area contributed by atoms with Crippen molar-refractivity contribution in [2.24, 2.45) is 5.73 Å². The van der Waals surface area contributed by atoms with Gasteiger partial charge < -0.3 is 10.5 Å². The summed E-state index contributed by atoms with van der Waals surface area (Å²) in [6.45, 7) is 2.41. The maximum absolute atomic E-state index is 6.85. The van der Waals surface area contributed by atoms with Crippen molar-refractivity contribution in [3.8, 4) is 0 Å². The van der Waals surface area contributed by atoms with E-state index in [9.17, 15) is 0 Å². The molecule has 0 aromatic heterocycles. The van der Waals surface area contributed by atoms with Crippen LogP contribution in [-0.2, 0) is 4.74 Å². The first-order valence-corrected chi connectivity index (χ1v) is 2.67. The molecule has 52 valence electrons. The van der Waals surface area contributed by atoms with Crippen LogP contribution in [0.5, 0.6) is 0 Å². The lowest BCUT2D eigenvalue weighted by molar-refractivity contribution is 0.226. The fraction of sp³-hybridized carbons (Fsp3) is 0.500. The van der Waals surface area contributed by atoms with Crippen molar-refractivity contribution in [3.63, 3.8) is 0 Å². The second-order valence-corrected chi connectivity index (χ2v) is 1.88. The molecule has 0 amide bonds. The predicted molar refractivity (Wildman–Crippen MR) is 37.5 cm³/mol. The highest BCUT2D eigenvalue weighted by Gasteiger charge is 1.86. The van der Waals surface area contributed by atoms with Gasteiger partial charge in [-0.05, 0) is 18.6 Å². The monoisotopic (exact) mass is 128 g/mol. The summed E-state index contributed by atoms with van der Waals surface area (Å²) in [7, 11) is 1.61. The predicted octanol–water partition coefficient (Wildman–Crippen LogP) is 0.515. The van der Waals surface area contributed by atoms with Crippen LogP contribution in [0.15, 0.2) is 11.6 Å². The van der Waals surface area contributed by atoms with Crippen LogP contribution in [-0.4, -0.2) is 19.6 Å². The van der Waals surface area contributed by atoms with Crippen molar-refractivity contribution in [2.75, 3.05) is 13.7 Å². The van der Waals surface area contributed by atoms with E-state index in [2.05, 4.69) is 0 Å². The Morgan fingerprint density at radius 1 is 1.78 bits per heavy atom.